The molecule has 0 spiro atoms. The summed E-state index contributed by atoms with van der Waals surface area (Å²) < 4.78 is 0. The first-order chi connectivity index (χ1) is 8.00. The molecule has 4 nitrogen and oxygen atoms in total. The van der Waals surface area contributed by atoms with E-state index >= 15 is 0 Å². The van der Waals surface area contributed by atoms with E-state index in [9.17, 15) is 15.0 Å². The molecular formula is C13H17NO3. The van der Waals surface area contributed by atoms with Gasteiger partial charge in [-0.2, -0.15) is 0 Å². The fraction of sp³-hybridized carbons (Fsp3) is 0.462. The maximum Gasteiger partial charge on any atom is 0.251 e. The Labute approximate surface area is 100 Å². The average Bonchev–Trinajstić information content (AvgIpc) is 2.27. The molecule has 1 aliphatic rings. The van der Waals surface area contributed by atoms with E-state index in [0.717, 1.165) is 19.3 Å². The van der Waals surface area contributed by atoms with E-state index in [-0.39, 0.29) is 11.7 Å². The smallest absolute Gasteiger partial charge is 0.251 e. The predicted octanol–water partition coefficient (Wildman–Crippen LogP) is 1.35. The number of amides is 1. The number of benzene rings is 1. The van der Waals surface area contributed by atoms with Crippen molar-refractivity contribution in [3.63, 3.8) is 0 Å². The summed E-state index contributed by atoms with van der Waals surface area (Å²) in [4.78, 5) is 11.8. The van der Waals surface area contributed by atoms with Crippen LogP contribution in [0.2, 0.25) is 0 Å². The van der Waals surface area contributed by atoms with E-state index < -0.39 is 5.60 Å². The Morgan fingerprint density at radius 1 is 1.47 bits per heavy atom. The van der Waals surface area contributed by atoms with Crippen LogP contribution in [0.1, 0.15) is 35.2 Å². The molecule has 17 heavy (non-hydrogen) atoms. The summed E-state index contributed by atoms with van der Waals surface area (Å²) in [6.45, 7) is 2.04. The van der Waals surface area contributed by atoms with Gasteiger partial charge in [-0.05, 0) is 49.9 Å². The molecule has 0 radical (unpaired) electrons. The van der Waals surface area contributed by atoms with Crippen LogP contribution in [-0.4, -0.2) is 28.3 Å². The van der Waals surface area contributed by atoms with Gasteiger partial charge in [0, 0.05) is 12.1 Å². The highest BCUT2D eigenvalue weighted by Gasteiger charge is 2.34. The third-order valence-corrected chi connectivity index (χ3v) is 3.32. The van der Waals surface area contributed by atoms with Gasteiger partial charge in [0.15, 0.2) is 0 Å². The zero-order valence-electron chi connectivity index (χ0n) is 9.86. The van der Waals surface area contributed by atoms with Crippen molar-refractivity contribution in [3.8, 4) is 5.75 Å². The van der Waals surface area contributed by atoms with Crippen LogP contribution in [0.4, 0.5) is 0 Å². The predicted molar refractivity (Wildman–Crippen MR) is 64.0 cm³/mol. The highest BCUT2D eigenvalue weighted by Crippen LogP contribution is 2.30. The highest BCUT2D eigenvalue weighted by molar-refractivity contribution is 5.94. The summed E-state index contributed by atoms with van der Waals surface area (Å²) in [5.74, 6) is -0.0346. The molecule has 1 fully saturated rings. The molecule has 4 heteroatoms. The first-order valence-corrected chi connectivity index (χ1v) is 5.80. The zero-order valence-corrected chi connectivity index (χ0v) is 9.86. The Hall–Kier alpha value is -1.55. The number of nitrogens with one attached hydrogen (secondary N) is 1. The topological polar surface area (TPSA) is 69.6 Å². The fourth-order valence-electron chi connectivity index (χ4n) is 1.91. The Morgan fingerprint density at radius 3 is 2.71 bits per heavy atom. The molecule has 0 aromatic heterocycles. The van der Waals surface area contributed by atoms with E-state index in [2.05, 4.69) is 5.32 Å². The van der Waals surface area contributed by atoms with E-state index in [1.54, 1.807) is 19.1 Å². The molecule has 92 valence electrons. The van der Waals surface area contributed by atoms with Gasteiger partial charge in [-0.3, -0.25) is 4.79 Å². The lowest BCUT2D eigenvalue weighted by Crippen LogP contribution is -2.47. The SMILES string of the molecule is Cc1cc(C(=O)NCC2(O)CCC2)ccc1O. The van der Waals surface area contributed by atoms with E-state index in [1.807, 2.05) is 0 Å². The summed E-state index contributed by atoms with van der Waals surface area (Å²) in [6, 6.07) is 4.71. The number of hydrogen-bond acceptors (Lipinski definition) is 3. The molecule has 0 aliphatic heterocycles. The number of aromatic hydroxyl groups is 1. The van der Waals surface area contributed by atoms with Crippen molar-refractivity contribution in [3.05, 3.63) is 29.3 Å². The molecular weight excluding hydrogens is 218 g/mol. The average molecular weight is 235 g/mol. The lowest BCUT2D eigenvalue weighted by atomic mass is 9.80. The van der Waals surface area contributed by atoms with E-state index in [1.165, 1.54) is 6.07 Å². The van der Waals surface area contributed by atoms with Crippen molar-refractivity contribution in [2.45, 2.75) is 31.8 Å². The van der Waals surface area contributed by atoms with Crippen LogP contribution in [0, 0.1) is 6.92 Å². The summed E-state index contributed by atoms with van der Waals surface area (Å²) in [5, 5.41) is 21.9. The van der Waals surface area contributed by atoms with Crippen LogP contribution in [0.3, 0.4) is 0 Å². The second-order valence-corrected chi connectivity index (χ2v) is 4.76. The number of carbonyl (C=O) groups is 1. The second-order valence-electron chi connectivity index (χ2n) is 4.76. The van der Waals surface area contributed by atoms with Gasteiger partial charge in [-0.15, -0.1) is 0 Å². The van der Waals surface area contributed by atoms with Gasteiger partial charge in [-0.25, -0.2) is 0 Å². The lowest BCUT2D eigenvalue weighted by Gasteiger charge is -2.36. The number of rotatable bonds is 3. The maximum absolute atomic E-state index is 11.8. The largest absolute Gasteiger partial charge is 0.508 e. The third kappa shape index (κ3) is 2.58. The molecule has 1 aromatic rings. The van der Waals surface area contributed by atoms with Crippen LogP contribution < -0.4 is 5.32 Å². The Balaban J connectivity index is 1.97. The highest BCUT2D eigenvalue weighted by atomic mass is 16.3. The molecule has 0 heterocycles. The molecule has 2 rings (SSSR count). The first-order valence-electron chi connectivity index (χ1n) is 5.80. The molecule has 1 saturated carbocycles. The molecule has 0 saturated heterocycles. The summed E-state index contributed by atoms with van der Waals surface area (Å²) in [5.41, 5.74) is 0.463. The number of aliphatic hydroxyl groups is 1. The minimum absolute atomic E-state index is 0.180. The van der Waals surface area contributed by atoms with E-state index in [0.29, 0.717) is 17.7 Å². The molecule has 0 unspecified atom stereocenters. The van der Waals surface area contributed by atoms with Crippen LogP contribution in [0.5, 0.6) is 5.75 Å². The Morgan fingerprint density at radius 2 is 2.18 bits per heavy atom. The number of phenols is 1. The molecule has 3 N–H and O–H groups in total. The summed E-state index contributed by atoms with van der Waals surface area (Å²) >= 11 is 0. The summed E-state index contributed by atoms with van der Waals surface area (Å²) in [7, 11) is 0. The van der Waals surface area contributed by atoms with Crippen LogP contribution in [-0.2, 0) is 0 Å². The van der Waals surface area contributed by atoms with Crippen molar-refractivity contribution in [2.24, 2.45) is 0 Å². The van der Waals surface area contributed by atoms with Crippen molar-refractivity contribution >= 4 is 5.91 Å². The number of aryl methyl sites for hydroxylation is 1. The molecule has 1 aliphatic carbocycles. The van der Waals surface area contributed by atoms with Crippen LogP contribution in [0.25, 0.3) is 0 Å². The monoisotopic (exact) mass is 235 g/mol. The standard InChI is InChI=1S/C13H17NO3/c1-9-7-10(3-4-11(9)15)12(16)14-8-13(17)5-2-6-13/h3-4,7,15,17H,2,5-6,8H2,1H3,(H,14,16). The molecule has 0 bridgehead atoms. The zero-order chi connectivity index (χ0) is 12.5. The number of hydrogen-bond donors (Lipinski definition) is 3. The minimum atomic E-state index is -0.707. The Bertz CT molecular complexity index is 438. The van der Waals surface area contributed by atoms with Gasteiger partial charge in [0.05, 0.1) is 5.60 Å². The third-order valence-electron chi connectivity index (χ3n) is 3.32. The fourth-order valence-corrected chi connectivity index (χ4v) is 1.91. The number of carbonyl (C=O) groups excluding carboxylic acids is 1. The van der Waals surface area contributed by atoms with Gasteiger partial charge < -0.3 is 15.5 Å². The minimum Gasteiger partial charge on any atom is -0.508 e. The quantitative estimate of drug-likeness (QED) is 0.740. The maximum atomic E-state index is 11.8. The van der Waals surface area contributed by atoms with Crippen LogP contribution in [0.15, 0.2) is 18.2 Å². The van der Waals surface area contributed by atoms with Crippen molar-refractivity contribution in [1.29, 1.82) is 0 Å². The van der Waals surface area contributed by atoms with Crippen LogP contribution >= 0.6 is 0 Å². The molecule has 1 amide bonds. The number of phenolic OH excluding ortho intramolecular Hbond substituents is 1. The van der Waals surface area contributed by atoms with Gasteiger partial charge in [0.1, 0.15) is 5.75 Å². The van der Waals surface area contributed by atoms with Crippen molar-refractivity contribution in [2.75, 3.05) is 6.54 Å². The van der Waals surface area contributed by atoms with E-state index in [4.69, 9.17) is 0 Å². The normalized spacial score (nSPS) is 17.3. The Kier molecular flexibility index (Phi) is 3.07. The molecule has 0 atom stereocenters. The molecule has 1 aromatic carbocycles. The first kappa shape index (κ1) is 11.9. The van der Waals surface area contributed by atoms with Crippen molar-refractivity contribution in [1.82, 2.24) is 5.32 Å². The van der Waals surface area contributed by atoms with Gasteiger partial charge in [0.25, 0.3) is 5.91 Å². The van der Waals surface area contributed by atoms with Gasteiger partial charge >= 0.3 is 0 Å². The van der Waals surface area contributed by atoms with Gasteiger partial charge in [-0.1, -0.05) is 0 Å². The summed E-state index contributed by atoms with van der Waals surface area (Å²) in [6.07, 6.45) is 2.52. The van der Waals surface area contributed by atoms with Gasteiger partial charge in [0.2, 0.25) is 0 Å². The second kappa shape index (κ2) is 4.37. The van der Waals surface area contributed by atoms with Crippen molar-refractivity contribution < 1.29 is 15.0 Å². The lowest BCUT2D eigenvalue weighted by molar-refractivity contribution is -0.0300.